The van der Waals surface area contributed by atoms with Gasteiger partial charge in [0, 0.05) is 24.4 Å². The van der Waals surface area contributed by atoms with Crippen LogP contribution in [0.25, 0.3) is 10.9 Å². The van der Waals surface area contributed by atoms with Crippen molar-refractivity contribution in [2.75, 3.05) is 11.9 Å². The Hall–Kier alpha value is -2.17. The number of nitrogens with one attached hydrogen (secondary N) is 2. The summed E-state index contributed by atoms with van der Waals surface area (Å²) in [6.45, 7) is 0.583. The number of carbonyl (C=O) groups is 1. The zero-order valence-corrected chi connectivity index (χ0v) is 13.4. The van der Waals surface area contributed by atoms with Gasteiger partial charge in [0.25, 0.3) is 0 Å². The summed E-state index contributed by atoms with van der Waals surface area (Å²) in [5.74, 6) is 0.917. The van der Waals surface area contributed by atoms with Gasteiger partial charge in [-0.05, 0) is 25.0 Å². The molecule has 1 amide bonds. The van der Waals surface area contributed by atoms with Gasteiger partial charge in [-0.1, -0.05) is 37.8 Å². The zero-order valence-electron chi connectivity index (χ0n) is 13.4. The molecule has 1 aliphatic rings. The van der Waals surface area contributed by atoms with Gasteiger partial charge in [-0.3, -0.25) is 4.79 Å². The fourth-order valence-electron chi connectivity index (χ4n) is 3.16. The summed E-state index contributed by atoms with van der Waals surface area (Å²) in [5, 5.41) is 7.41. The third-order valence-corrected chi connectivity index (χ3v) is 4.41. The van der Waals surface area contributed by atoms with Crippen molar-refractivity contribution in [1.82, 2.24) is 15.3 Å². The number of fused-ring (bicyclic) bond motifs is 1. The maximum absolute atomic E-state index is 12.1. The summed E-state index contributed by atoms with van der Waals surface area (Å²) in [4.78, 5) is 20.6. The largest absolute Gasteiger partial charge is 0.369 e. The number of carbonyl (C=O) groups excluding carboxylic acids is 1. The fourth-order valence-corrected chi connectivity index (χ4v) is 3.16. The third kappa shape index (κ3) is 4.41. The van der Waals surface area contributed by atoms with E-state index >= 15 is 0 Å². The molecule has 1 heterocycles. The third-order valence-electron chi connectivity index (χ3n) is 4.41. The van der Waals surface area contributed by atoms with Crippen LogP contribution >= 0.6 is 0 Å². The van der Waals surface area contributed by atoms with Crippen molar-refractivity contribution in [3.63, 3.8) is 0 Å². The zero-order chi connectivity index (χ0) is 15.9. The van der Waals surface area contributed by atoms with Crippen LogP contribution in [0.3, 0.4) is 0 Å². The smallest absolute Gasteiger partial charge is 0.221 e. The molecular weight excluding hydrogens is 288 g/mol. The second-order valence-corrected chi connectivity index (χ2v) is 6.17. The van der Waals surface area contributed by atoms with E-state index in [4.69, 9.17) is 0 Å². The number of hydrogen-bond donors (Lipinski definition) is 2. The quantitative estimate of drug-likeness (QED) is 0.832. The number of anilines is 1. The SMILES string of the molecule is O=C(CCNc1ncnc2ccccc12)NC1CCCCCC1. The molecule has 0 bridgehead atoms. The number of benzene rings is 1. The second-order valence-electron chi connectivity index (χ2n) is 6.17. The molecule has 1 saturated carbocycles. The van der Waals surface area contributed by atoms with E-state index in [0.717, 1.165) is 29.6 Å². The Kier molecular flexibility index (Phi) is 5.40. The number of amides is 1. The van der Waals surface area contributed by atoms with Crippen LogP contribution < -0.4 is 10.6 Å². The summed E-state index contributed by atoms with van der Waals surface area (Å²) in [6, 6.07) is 8.24. The van der Waals surface area contributed by atoms with E-state index in [9.17, 15) is 4.79 Å². The molecule has 23 heavy (non-hydrogen) atoms. The average Bonchev–Trinajstić information content (AvgIpc) is 2.84. The van der Waals surface area contributed by atoms with Crippen LogP contribution in [-0.2, 0) is 4.79 Å². The Morgan fingerprint density at radius 3 is 2.70 bits per heavy atom. The van der Waals surface area contributed by atoms with Gasteiger partial charge in [-0.25, -0.2) is 9.97 Å². The Morgan fingerprint density at radius 2 is 1.87 bits per heavy atom. The molecule has 122 valence electrons. The van der Waals surface area contributed by atoms with Crippen molar-refractivity contribution in [2.45, 2.75) is 51.0 Å². The van der Waals surface area contributed by atoms with E-state index in [1.54, 1.807) is 6.33 Å². The number of aromatic nitrogens is 2. The molecule has 5 heteroatoms. The van der Waals surface area contributed by atoms with Crippen LogP contribution in [0.1, 0.15) is 44.9 Å². The van der Waals surface area contributed by atoms with Gasteiger partial charge < -0.3 is 10.6 Å². The summed E-state index contributed by atoms with van der Waals surface area (Å²) in [6.07, 6.45) is 9.33. The second kappa shape index (κ2) is 7.90. The van der Waals surface area contributed by atoms with Gasteiger partial charge in [0.1, 0.15) is 12.1 Å². The first-order valence-electron chi connectivity index (χ1n) is 8.56. The summed E-state index contributed by atoms with van der Waals surface area (Å²) in [5.41, 5.74) is 0.910. The van der Waals surface area contributed by atoms with E-state index in [2.05, 4.69) is 20.6 Å². The maximum Gasteiger partial charge on any atom is 0.221 e. The first-order valence-corrected chi connectivity index (χ1v) is 8.56. The summed E-state index contributed by atoms with van der Waals surface area (Å²) in [7, 11) is 0. The van der Waals surface area contributed by atoms with Gasteiger partial charge in [-0.2, -0.15) is 0 Å². The molecule has 0 radical (unpaired) electrons. The van der Waals surface area contributed by atoms with Crippen molar-refractivity contribution < 1.29 is 4.79 Å². The Labute approximate surface area is 136 Å². The molecule has 1 aromatic heterocycles. The van der Waals surface area contributed by atoms with Crippen molar-refractivity contribution in [3.8, 4) is 0 Å². The van der Waals surface area contributed by atoms with Gasteiger partial charge in [0.05, 0.1) is 5.52 Å². The van der Waals surface area contributed by atoms with Gasteiger partial charge >= 0.3 is 0 Å². The summed E-state index contributed by atoms with van der Waals surface area (Å²) >= 11 is 0. The van der Waals surface area contributed by atoms with Crippen LogP contribution in [0.5, 0.6) is 0 Å². The van der Waals surface area contributed by atoms with Crippen LogP contribution in [0.15, 0.2) is 30.6 Å². The normalized spacial score (nSPS) is 16.0. The molecule has 2 aromatic rings. The first-order chi connectivity index (χ1) is 11.3. The molecule has 0 unspecified atom stereocenters. The molecule has 0 aliphatic heterocycles. The van der Waals surface area contributed by atoms with Crippen molar-refractivity contribution in [2.24, 2.45) is 0 Å². The molecule has 2 N–H and O–H groups in total. The lowest BCUT2D eigenvalue weighted by Crippen LogP contribution is -2.35. The number of hydrogen-bond acceptors (Lipinski definition) is 4. The van der Waals surface area contributed by atoms with Crippen LogP contribution in [-0.4, -0.2) is 28.5 Å². The standard InChI is InChI=1S/C18H24N4O/c23-17(22-14-7-3-1-2-4-8-14)11-12-19-18-15-9-5-6-10-16(15)20-13-21-18/h5-6,9-10,13-14H,1-4,7-8,11-12H2,(H,22,23)(H,19,20,21). The monoisotopic (exact) mass is 312 g/mol. The minimum Gasteiger partial charge on any atom is -0.369 e. The minimum atomic E-state index is 0.128. The van der Waals surface area contributed by atoms with Crippen LogP contribution in [0.2, 0.25) is 0 Å². The Balaban J connectivity index is 1.49. The van der Waals surface area contributed by atoms with E-state index in [1.165, 1.54) is 25.7 Å². The lowest BCUT2D eigenvalue weighted by atomic mass is 10.1. The van der Waals surface area contributed by atoms with Crippen LogP contribution in [0, 0.1) is 0 Å². The van der Waals surface area contributed by atoms with E-state index in [1.807, 2.05) is 24.3 Å². The molecule has 5 nitrogen and oxygen atoms in total. The Bertz CT molecular complexity index is 645. The molecule has 3 rings (SSSR count). The molecule has 1 aliphatic carbocycles. The molecule has 1 fully saturated rings. The van der Waals surface area contributed by atoms with Gasteiger partial charge in [0.2, 0.25) is 5.91 Å². The lowest BCUT2D eigenvalue weighted by Gasteiger charge is -2.16. The molecular formula is C18H24N4O. The van der Waals surface area contributed by atoms with Crippen molar-refractivity contribution in [1.29, 1.82) is 0 Å². The number of para-hydroxylation sites is 1. The summed E-state index contributed by atoms with van der Waals surface area (Å²) < 4.78 is 0. The molecule has 0 spiro atoms. The Morgan fingerprint density at radius 1 is 1.09 bits per heavy atom. The van der Waals surface area contributed by atoms with E-state index < -0.39 is 0 Å². The highest BCUT2D eigenvalue weighted by molar-refractivity contribution is 5.88. The van der Waals surface area contributed by atoms with Gasteiger partial charge in [0.15, 0.2) is 0 Å². The predicted octanol–water partition coefficient (Wildman–Crippen LogP) is 3.27. The highest BCUT2D eigenvalue weighted by Gasteiger charge is 2.14. The fraction of sp³-hybridized carbons (Fsp3) is 0.500. The van der Waals surface area contributed by atoms with Crippen LogP contribution in [0.4, 0.5) is 5.82 Å². The average molecular weight is 312 g/mol. The van der Waals surface area contributed by atoms with Gasteiger partial charge in [-0.15, -0.1) is 0 Å². The molecule has 1 aromatic carbocycles. The predicted molar refractivity (Wildman–Crippen MR) is 92.3 cm³/mol. The van der Waals surface area contributed by atoms with E-state index in [-0.39, 0.29) is 5.91 Å². The molecule has 0 saturated heterocycles. The minimum absolute atomic E-state index is 0.128. The number of nitrogens with zero attached hydrogens (tertiary/aromatic N) is 2. The topological polar surface area (TPSA) is 66.9 Å². The first kappa shape index (κ1) is 15.7. The highest BCUT2D eigenvalue weighted by Crippen LogP contribution is 2.19. The molecule has 0 atom stereocenters. The highest BCUT2D eigenvalue weighted by atomic mass is 16.1. The van der Waals surface area contributed by atoms with Crippen molar-refractivity contribution >= 4 is 22.6 Å². The number of rotatable bonds is 5. The maximum atomic E-state index is 12.1. The lowest BCUT2D eigenvalue weighted by molar-refractivity contribution is -0.121. The van der Waals surface area contributed by atoms with E-state index in [0.29, 0.717) is 19.0 Å². The van der Waals surface area contributed by atoms with Crippen molar-refractivity contribution in [3.05, 3.63) is 30.6 Å².